The van der Waals surface area contributed by atoms with Gasteiger partial charge in [-0.1, -0.05) is 26.7 Å². The van der Waals surface area contributed by atoms with Crippen molar-refractivity contribution in [1.29, 1.82) is 10.5 Å². The number of ether oxygens (including phenoxy) is 1. The number of nitriles is 2. The Morgan fingerprint density at radius 1 is 0.696 bits per heavy atom. The fraction of sp³-hybridized carbons (Fsp3) is 0.861. The second-order valence-corrected chi connectivity index (χ2v) is 16.3. The summed E-state index contributed by atoms with van der Waals surface area (Å²) >= 11 is 0. The van der Waals surface area contributed by atoms with Crippen molar-refractivity contribution < 1.29 is 4.74 Å². The van der Waals surface area contributed by atoms with E-state index < -0.39 is 0 Å². The zero-order chi connectivity index (χ0) is 34.5. The van der Waals surface area contributed by atoms with Gasteiger partial charge in [0.15, 0.2) is 0 Å². The summed E-state index contributed by atoms with van der Waals surface area (Å²) in [4.78, 5) is 24.9. The van der Waals surface area contributed by atoms with Gasteiger partial charge < -0.3 is 14.5 Å². The summed E-state index contributed by atoms with van der Waals surface area (Å²) < 4.78 is 6.24. The molecule has 0 radical (unpaired) electrons. The van der Waals surface area contributed by atoms with Crippen LogP contribution in [-0.2, 0) is 0 Å². The Hall–Kier alpha value is -2.69. The molecule has 0 spiro atoms. The molecule has 46 heavy (non-hydrogen) atoms. The fourth-order valence-electron chi connectivity index (χ4n) is 8.37. The number of unbranched alkanes of at least 4 members (excludes halogenated alkanes) is 2. The van der Waals surface area contributed by atoms with Crippen LogP contribution in [0.5, 0.6) is 6.01 Å². The Balaban J connectivity index is 2.14. The van der Waals surface area contributed by atoms with Crippen LogP contribution in [0.4, 0.5) is 11.9 Å². The second-order valence-electron chi connectivity index (χ2n) is 16.3. The van der Waals surface area contributed by atoms with E-state index in [0.29, 0.717) is 31.0 Å². The van der Waals surface area contributed by atoms with E-state index in [4.69, 9.17) is 19.7 Å². The van der Waals surface area contributed by atoms with E-state index in [1.165, 1.54) is 0 Å². The van der Waals surface area contributed by atoms with Crippen LogP contribution in [0.15, 0.2) is 0 Å². The van der Waals surface area contributed by atoms with Gasteiger partial charge in [0.25, 0.3) is 0 Å². The molecule has 0 saturated carbocycles. The summed E-state index contributed by atoms with van der Waals surface area (Å²) in [6, 6.07) is 5.60. The van der Waals surface area contributed by atoms with Crippen molar-refractivity contribution >= 4 is 11.9 Å². The van der Waals surface area contributed by atoms with Crippen molar-refractivity contribution in [1.82, 2.24) is 24.8 Å². The van der Waals surface area contributed by atoms with Crippen LogP contribution >= 0.6 is 0 Å². The highest BCUT2D eigenvalue weighted by Gasteiger charge is 2.49. The summed E-state index contributed by atoms with van der Waals surface area (Å²) in [6.45, 7) is 29.1. The lowest BCUT2D eigenvalue weighted by Gasteiger charge is -2.56. The number of hydrogen-bond acceptors (Lipinski definition) is 10. The molecule has 2 aliphatic heterocycles. The van der Waals surface area contributed by atoms with E-state index in [-0.39, 0.29) is 40.3 Å². The van der Waals surface area contributed by atoms with E-state index in [9.17, 15) is 10.5 Å². The number of likely N-dealkylation sites (tertiary alicyclic amines) is 2. The van der Waals surface area contributed by atoms with Crippen molar-refractivity contribution in [3.63, 3.8) is 0 Å². The molecule has 258 valence electrons. The van der Waals surface area contributed by atoms with Gasteiger partial charge >= 0.3 is 6.01 Å². The molecule has 3 rings (SSSR count). The number of piperidine rings is 2. The zero-order valence-corrected chi connectivity index (χ0v) is 31.2. The van der Waals surface area contributed by atoms with Crippen LogP contribution in [0.1, 0.15) is 134 Å². The lowest BCUT2D eigenvalue weighted by Crippen LogP contribution is -2.64. The van der Waals surface area contributed by atoms with Gasteiger partial charge in [0.05, 0.1) is 31.3 Å². The molecule has 2 aliphatic rings. The summed E-state index contributed by atoms with van der Waals surface area (Å²) in [7, 11) is 0. The summed E-state index contributed by atoms with van der Waals surface area (Å²) in [6.07, 6.45) is 7.74. The summed E-state index contributed by atoms with van der Waals surface area (Å²) in [5.41, 5.74) is -0.661. The van der Waals surface area contributed by atoms with Gasteiger partial charge in [-0.05, 0) is 108 Å². The Kier molecular flexibility index (Phi) is 12.3. The number of nitrogens with zero attached hydrogens (tertiary/aromatic N) is 9. The molecule has 0 unspecified atom stereocenters. The SMILES string of the molecule is CCCCN(c1nc(OC(C)C)nc(N(CCCC)C2CC(C)(C)N(CC#N)C(C)(C)C2)n1)C1CC(C)(C)N(CC#N)C(C)(C)C1. The van der Waals surface area contributed by atoms with Crippen LogP contribution in [0.25, 0.3) is 0 Å². The normalized spacial score (nSPS) is 21.5. The standard InChI is InChI=1S/C36H63N9O/c1-13-15-19-42(28-23-33(5,6)44(21-17-37)34(7,8)24-28)30-39-31(41-32(40-30)46-27(3)4)43(20-16-14-2)29-25-35(9,10)45(22-18-38)36(11,12)26-29/h27-29H,13-16,19-26H2,1-12H3. The van der Waals surface area contributed by atoms with E-state index in [2.05, 4.69) is 101 Å². The molecule has 2 fully saturated rings. The topological polar surface area (TPSA) is 108 Å². The first kappa shape index (κ1) is 37.8. The molecule has 10 nitrogen and oxygen atoms in total. The average Bonchev–Trinajstić information content (AvgIpc) is 2.92. The molecule has 10 heteroatoms. The highest BCUT2D eigenvalue weighted by atomic mass is 16.5. The van der Waals surface area contributed by atoms with Gasteiger partial charge in [0.2, 0.25) is 11.9 Å². The van der Waals surface area contributed by atoms with Crippen LogP contribution < -0.4 is 14.5 Å². The van der Waals surface area contributed by atoms with E-state index in [1.807, 2.05) is 13.8 Å². The van der Waals surface area contributed by atoms with Gasteiger partial charge in [-0.15, -0.1) is 0 Å². The first-order chi connectivity index (χ1) is 21.4. The number of aromatic nitrogens is 3. The van der Waals surface area contributed by atoms with Gasteiger partial charge in [-0.25, -0.2) is 0 Å². The lowest BCUT2D eigenvalue weighted by atomic mass is 9.76. The fourth-order valence-corrected chi connectivity index (χ4v) is 8.37. The molecule has 3 heterocycles. The minimum atomic E-state index is -0.165. The molecule has 1 aromatic rings. The molecule has 0 bridgehead atoms. The maximum atomic E-state index is 9.65. The molecule has 1 aromatic heterocycles. The minimum Gasteiger partial charge on any atom is -0.461 e. The summed E-state index contributed by atoms with van der Waals surface area (Å²) in [5, 5.41) is 19.3. The van der Waals surface area contributed by atoms with Gasteiger partial charge in [-0.3, -0.25) is 9.80 Å². The van der Waals surface area contributed by atoms with Crippen molar-refractivity contribution in [2.24, 2.45) is 0 Å². The molecule has 0 aliphatic carbocycles. The zero-order valence-electron chi connectivity index (χ0n) is 31.2. The van der Waals surface area contributed by atoms with Crippen molar-refractivity contribution in [2.45, 2.75) is 175 Å². The molecular weight excluding hydrogens is 574 g/mol. The van der Waals surface area contributed by atoms with E-state index >= 15 is 0 Å². The predicted octanol–water partition coefficient (Wildman–Crippen LogP) is 6.96. The number of rotatable bonds is 14. The Labute approximate surface area is 280 Å². The van der Waals surface area contributed by atoms with Crippen molar-refractivity contribution in [3.8, 4) is 18.1 Å². The molecule has 0 amide bonds. The van der Waals surface area contributed by atoms with E-state index in [1.54, 1.807) is 0 Å². The van der Waals surface area contributed by atoms with Gasteiger partial charge in [-0.2, -0.15) is 25.5 Å². The maximum absolute atomic E-state index is 9.65. The largest absolute Gasteiger partial charge is 0.461 e. The molecule has 0 N–H and O–H groups in total. The Morgan fingerprint density at radius 3 is 1.33 bits per heavy atom. The highest BCUT2D eigenvalue weighted by Crippen LogP contribution is 2.43. The van der Waals surface area contributed by atoms with Crippen molar-refractivity contribution in [3.05, 3.63) is 0 Å². The smallest absolute Gasteiger partial charge is 0.323 e. The van der Waals surface area contributed by atoms with E-state index in [0.717, 1.165) is 64.5 Å². The third kappa shape index (κ3) is 8.81. The number of anilines is 2. The van der Waals surface area contributed by atoms with Crippen LogP contribution in [0.3, 0.4) is 0 Å². The van der Waals surface area contributed by atoms with Gasteiger partial charge in [0, 0.05) is 47.3 Å². The highest BCUT2D eigenvalue weighted by molar-refractivity contribution is 5.43. The quantitative estimate of drug-likeness (QED) is 0.199. The van der Waals surface area contributed by atoms with Gasteiger partial charge in [0.1, 0.15) is 0 Å². The molecule has 0 aromatic carbocycles. The monoisotopic (exact) mass is 638 g/mol. The predicted molar refractivity (Wildman–Crippen MR) is 187 cm³/mol. The molecule has 2 saturated heterocycles. The Bertz CT molecular complexity index is 1110. The lowest BCUT2D eigenvalue weighted by molar-refractivity contribution is -0.0250. The van der Waals surface area contributed by atoms with Crippen molar-refractivity contribution in [2.75, 3.05) is 36.0 Å². The second kappa shape index (κ2) is 15.0. The van der Waals surface area contributed by atoms with Crippen LogP contribution in [0, 0.1) is 22.7 Å². The Morgan fingerprint density at radius 2 is 1.04 bits per heavy atom. The average molecular weight is 638 g/mol. The summed E-state index contributed by atoms with van der Waals surface area (Å²) in [5.74, 6) is 1.36. The van der Waals surface area contributed by atoms with Crippen LogP contribution in [-0.4, -0.2) is 91.3 Å². The minimum absolute atomic E-state index is 0.0737. The number of hydrogen-bond donors (Lipinski definition) is 0. The third-order valence-corrected chi connectivity index (χ3v) is 10.2. The third-order valence-electron chi connectivity index (χ3n) is 10.2. The first-order valence-electron chi connectivity index (χ1n) is 17.7. The molecule has 0 atom stereocenters. The maximum Gasteiger partial charge on any atom is 0.323 e. The first-order valence-corrected chi connectivity index (χ1v) is 17.7. The molecular formula is C36H63N9O. The van der Waals surface area contributed by atoms with Crippen LogP contribution in [0.2, 0.25) is 0 Å².